The summed E-state index contributed by atoms with van der Waals surface area (Å²) in [4.78, 5) is 11.9. The van der Waals surface area contributed by atoms with Crippen LogP contribution in [0.15, 0.2) is 42.0 Å². The molecule has 0 fully saturated rings. The predicted molar refractivity (Wildman–Crippen MR) is 91.9 cm³/mol. The molecule has 1 heterocycles. The monoisotopic (exact) mass is 319 g/mol. The Kier molecular flexibility index (Phi) is 5.35. The largest absolute Gasteiger partial charge is 0.295 e. The van der Waals surface area contributed by atoms with E-state index in [-0.39, 0.29) is 16.6 Å². The Morgan fingerprint density at radius 2 is 1.91 bits per heavy atom. The van der Waals surface area contributed by atoms with Gasteiger partial charge in [0, 0.05) is 12.1 Å². The van der Waals surface area contributed by atoms with E-state index in [1.807, 2.05) is 49.4 Å². The second-order valence-corrected chi connectivity index (χ2v) is 8.91. The highest BCUT2D eigenvalue weighted by molar-refractivity contribution is 7.84. The molecule has 0 unspecified atom stereocenters. The summed E-state index contributed by atoms with van der Waals surface area (Å²) in [5, 5.41) is 0. The maximum Gasteiger partial charge on any atom is 0.157 e. The molecule has 0 amide bonds. The Morgan fingerprint density at radius 3 is 2.45 bits per heavy atom. The molecule has 0 aromatic heterocycles. The molecule has 2 atom stereocenters. The third kappa shape index (κ3) is 3.93. The lowest BCUT2D eigenvalue weighted by Crippen LogP contribution is -2.42. The van der Waals surface area contributed by atoms with Crippen molar-refractivity contribution < 1.29 is 9.00 Å². The topological polar surface area (TPSA) is 37.4 Å². The minimum Gasteiger partial charge on any atom is -0.295 e. The molecule has 1 aromatic rings. The number of Topliss-reactive ketones (excluding diaryl/α,β-unsaturated/α-hetero) is 1. The van der Waals surface area contributed by atoms with Gasteiger partial charge in [0.15, 0.2) is 5.78 Å². The number of benzene rings is 1. The number of ketones is 1. The minimum absolute atomic E-state index is 0.0437. The van der Waals surface area contributed by atoms with Crippen molar-refractivity contribution in [3.63, 3.8) is 0 Å². The Bertz CT molecular complexity index is 587. The van der Waals surface area contributed by atoms with Crippen molar-refractivity contribution in [3.8, 4) is 0 Å². The molecule has 0 saturated heterocycles. The smallest absolute Gasteiger partial charge is 0.157 e. The van der Waals surface area contributed by atoms with Gasteiger partial charge in [0.1, 0.15) is 11.0 Å². The molecule has 1 aliphatic heterocycles. The van der Waals surface area contributed by atoms with Crippen molar-refractivity contribution in [2.45, 2.75) is 51.3 Å². The fourth-order valence-corrected chi connectivity index (χ4v) is 4.13. The van der Waals surface area contributed by atoms with Crippen LogP contribution in [0.4, 0.5) is 0 Å². The van der Waals surface area contributed by atoms with Gasteiger partial charge in [-0.05, 0) is 46.1 Å². The number of hydrogen-bond acceptors (Lipinski definition) is 2. The van der Waals surface area contributed by atoms with Crippen LogP contribution in [0.1, 0.15) is 39.7 Å². The number of rotatable bonds is 5. The van der Waals surface area contributed by atoms with Crippen molar-refractivity contribution in [3.05, 3.63) is 47.5 Å². The Labute approximate surface area is 136 Å². The zero-order valence-corrected chi connectivity index (χ0v) is 14.7. The number of carbonyl (C=O) groups excluding carboxylic acids is 1. The first-order valence-electron chi connectivity index (χ1n) is 7.74. The zero-order chi connectivity index (χ0) is 16.3. The molecule has 0 aliphatic carbocycles. The first-order valence-corrected chi connectivity index (χ1v) is 8.85. The van der Waals surface area contributed by atoms with E-state index >= 15 is 0 Å². The maximum absolute atomic E-state index is 12.7. The van der Waals surface area contributed by atoms with E-state index in [2.05, 4.69) is 12.1 Å². The van der Waals surface area contributed by atoms with Crippen molar-refractivity contribution in [1.82, 2.24) is 4.31 Å². The summed E-state index contributed by atoms with van der Waals surface area (Å²) in [5.74, 6) is 0.0893. The van der Waals surface area contributed by atoms with E-state index in [9.17, 15) is 9.00 Å². The molecule has 1 aromatic carbocycles. The lowest BCUT2D eigenvalue weighted by molar-refractivity contribution is -0.113. The van der Waals surface area contributed by atoms with E-state index in [0.717, 1.165) is 18.4 Å². The molecule has 120 valence electrons. The van der Waals surface area contributed by atoms with E-state index < -0.39 is 11.0 Å². The molecule has 0 spiro atoms. The highest BCUT2D eigenvalue weighted by Crippen LogP contribution is 2.29. The molecule has 3 nitrogen and oxygen atoms in total. The van der Waals surface area contributed by atoms with Gasteiger partial charge in [0.25, 0.3) is 0 Å². The van der Waals surface area contributed by atoms with Crippen LogP contribution in [0.5, 0.6) is 0 Å². The van der Waals surface area contributed by atoms with Crippen LogP contribution in [-0.2, 0) is 22.2 Å². The van der Waals surface area contributed by atoms with Gasteiger partial charge in [-0.15, -0.1) is 0 Å². The van der Waals surface area contributed by atoms with Crippen LogP contribution in [0.3, 0.4) is 0 Å². The SMILES string of the molecule is CC(=O)C1=CCN([S@@](=O)C(C)(C)C)[C@@H]1CCc1ccccc1. The van der Waals surface area contributed by atoms with Gasteiger partial charge in [0.2, 0.25) is 0 Å². The summed E-state index contributed by atoms with van der Waals surface area (Å²) in [6.07, 6.45) is 3.65. The molecular weight excluding hydrogens is 294 g/mol. The normalized spacial score (nSPS) is 20.7. The average Bonchev–Trinajstić information content (AvgIpc) is 2.88. The van der Waals surface area contributed by atoms with Gasteiger partial charge < -0.3 is 0 Å². The summed E-state index contributed by atoms with van der Waals surface area (Å²) in [6.45, 7) is 8.12. The van der Waals surface area contributed by atoms with Crippen LogP contribution >= 0.6 is 0 Å². The Balaban J connectivity index is 2.15. The highest BCUT2D eigenvalue weighted by atomic mass is 32.2. The van der Waals surface area contributed by atoms with Crippen LogP contribution in [-0.4, -0.2) is 31.6 Å². The molecule has 0 radical (unpaired) electrons. The standard InChI is InChI=1S/C18H25NO2S/c1-14(20)16-12-13-19(22(21)18(2,3)4)17(16)11-10-15-8-6-5-7-9-15/h5-9,12,17H,10-11,13H2,1-4H3/t17-,22+/m1/s1. The summed E-state index contributed by atoms with van der Waals surface area (Å²) in [6, 6.07) is 10.2. The van der Waals surface area contributed by atoms with Crippen molar-refractivity contribution in [1.29, 1.82) is 0 Å². The Morgan fingerprint density at radius 1 is 1.27 bits per heavy atom. The number of hydrogen-bond donors (Lipinski definition) is 0. The second-order valence-electron chi connectivity index (χ2n) is 6.72. The summed E-state index contributed by atoms with van der Waals surface area (Å²) in [7, 11) is -1.11. The van der Waals surface area contributed by atoms with Gasteiger partial charge in [-0.1, -0.05) is 36.4 Å². The first kappa shape index (κ1) is 17.1. The predicted octanol–water partition coefficient (Wildman–Crippen LogP) is 3.28. The fourth-order valence-electron chi connectivity index (χ4n) is 2.77. The van der Waals surface area contributed by atoms with Crippen molar-refractivity contribution in [2.24, 2.45) is 0 Å². The third-order valence-electron chi connectivity index (χ3n) is 3.89. The lowest BCUT2D eigenvalue weighted by Gasteiger charge is -2.31. The zero-order valence-electron chi connectivity index (χ0n) is 13.8. The van der Waals surface area contributed by atoms with Crippen molar-refractivity contribution >= 4 is 16.8 Å². The Hall–Kier alpha value is -1.26. The molecule has 22 heavy (non-hydrogen) atoms. The second kappa shape index (κ2) is 6.88. The van der Waals surface area contributed by atoms with Crippen molar-refractivity contribution in [2.75, 3.05) is 6.54 Å². The van der Waals surface area contributed by atoms with Crippen LogP contribution in [0, 0.1) is 0 Å². The molecule has 1 aliphatic rings. The molecule has 4 heteroatoms. The van der Waals surface area contributed by atoms with E-state index in [4.69, 9.17) is 0 Å². The summed E-state index contributed by atoms with van der Waals surface area (Å²) < 4.78 is 14.4. The van der Waals surface area contributed by atoms with E-state index in [1.54, 1.807) is 6.92 Å². The highest BCUT2D eigenvalue weighted by Gasteiger charge is 2.37. The molecule has 0 N–H and O–H groups in total. The minimum atomic E-state index is -1.11. The van der Waals surface area contributed by atoms with Crippen LogP contribution in [0.2, 0.25) is 0 Å². The summed E-state index contributed by atoms with van der Waals surface area (Å²) >= 11 is 0. The third-order valence-corrected chi connectivity index (χ3v) is 5.77. The first-order chi connectivity index (χ1) is 10.3. The maximum atomic E-state index is 12.7. The van der Waals surface area contributed by atoms with E-state index in [1.165, 1.54) is 5.56 Å². The quantitative estimate of drug-likeness (QED) is 0.835. The summed E-state index contributed by atoms with van der Waals surface area (Å²) in [5.41, 5.74) is 2.06. The van der Waals surface area contributed by atoms with Crippen LogP contribution < -0.4 is 0 Å². The average molecular weight is 319 g/mol. The molecule has 0 saturated carbocycles. The molecule has 2 rings (SSSR count). The van der Waals surface area contributed by atoms with Gasteiger partial charge >= 0.3 is 0 Å². The number of nitrogens with zero attached hydrogens (tertiary/aromatic N) is 1. The molecular formula is C18H25NO2S. The fraction of sp³-hybridized carbons (Fsp3) is 0.500. The number of aryl methyl sites for hydroxylation is 1. The van der Waals surface area contributed by atoms with Gasteiger partial charge in [0.05, 0.1) is 10.8 Å². The van der Waals surface area contributed by atoms with Crippen LogP contribution in [0.25, 0.3) is 0 Å². The van der Waals surface area contributed by atoms with Gasteiger partial charge in [-0.3, -0.25) is 4.79 Å². The molecule has 0 bridgehead atoms. The van der Waals surface area contributed by atoms with Gasteiger partial charge in [-0.2, -0.15) is 0 Å². The number of carbonyl (C=O) groups is 1. The van der Waals surface area contributed by atoms with E-state index in [0.29, 0.717) is 6.54 Å². The van der Waals surface area contributed by atoms with Gasteiger partial charge in [-0.25, -0.2) is 8.51 Å². The lowest BCUT2D eigenvalue weighted by atomic mass is 9.99.